The SMILES string of the molecule is O=C(CC12CC3CC(CC(C3)C1)C2)NC1CC(Cc2nn[nH]n2)C1. The maximum absolute atomic E-state index is 12.6. The maximum Gasteiger partial charge on any atom is 0.220 e. The highest BCUT2D eigenvalue weighted by molar-refractivity contribution is 5.77. The summed E-state index contributed by atoms with van der Waals surface area (Å²) in [5.41, 5.74) is 0.354. The fourth-order valence-electron chi connectivity index (χ4n) is 6.67. The van der Waals surface area contributed by atoms with E-state index in [0.29, 0.717) is 23.3 Å². The molecule has 24 heavy (non-hydrogen) atoms. The van der Waals surface area contributed by atoms with E-state index >= 15 is 0 Å². The van der Waals surface area contributed by atoms with Crippen molar-refractivity contribution < 1.29 is 4.79 Å². The summed E-state index contributed by atoms with van der Waals surface area (Å²) >= 11 is 0. The maximum atomic E-state index is 12.6. The summed E-state index contributed by atoms with van der Waals surface area (Å²) in [7, 11) is 0. The number of H-pyrrole nitrogens is 1. The zero-order valence-corrected chi connectivity index (χ0v) is 14.2. The van der Waals surface area contributed by atoms with Crippen molar-refractivity contribution in [2.45, 2.75) is 70.3 Å². The van der Waals surface area contributed by atoms with Gasteiger partial charge in [-0.15, -0.1) is 10.2 Å². The Morgan fingerprint density at radius 3 is 2.33 bits per heavy atom. The van der Waals surface area contributed by atoms with Gasteiger partial charge in [-0.25, -0.2) is 0 Å². The second-order valence-corrected chi connectivity index (χ2v) is 9.23. The number of aromatic nitrogens is 4. The number of nitrogens with zero attached hydrogens (tertiary/aromatic N) is 3. The van der Waals surface area contributed by atoms with E-state index in [1.165, 1.54) is 38.5 Å². The molecule has 6 nitrogen and oxygen atoms in total. The second kappa shape index (κ2) is 5.53. The van der Waals surface area contributed by atoms with Crippen LogP contribution in [0.2, 0.25) is 0 Å². The summed E-state index contributed by atoms with van der Waals surface area (Å²) in [4.78, 5) is 12.6. The fourth-order valence-corrected chi connectivity index (χ4v) is 6.67. The summed E-state index contributed by atoms with van der Waals surface area (Å²) in [5.74, 6) is 4.46. The molecule has 5 aliphatic rings. The molecule has 5 aliphatic carbocycles. The molecule has 1 amide bonds. The number of rotatable bonds is 5. The molecule has 0 aliphatic heterocycles. The van der Waals surface area contributed by atoms with E-state index in [1.54, 1.807) is 0 Å². The summed E-state index contributed by atoms with van der Waals surface area (Å²) in [5, 5.41) is 17.4. The lowest BCUT2D eigenvalue weighted by molar-refractivity contribution is -0.130. The Kier molecular flexibility index (Phi) is 3.42. The van der Waals surface area contributed by atoms with Gasteiger partial charge in [0.25, 0.3) is 0 Å². The van der Waals surface area contributed by atoms with Crippen molar-refractivity contribution >= 4 is 5.91 Å². The molecule has 5 fully saturated rings. The number of nitrogens with one attached hydrogen (secondary N) is 2. The average Bonchev–Trinajstić information content (AvgIpc) is 2.95. The number of tetrazole rings is 1. The van der Waals surface area contributed by atoms with Gasteiger partial charge in [0.1, 0.15) is 0 Å². The van der Waals surface area contributed by atoms with Crippen LogP contribution in [-0.2, 0) is 11.2 Å². The van der Waals surface area contributed by atoms with E-state index in [-0.39, 0.29) is 0 Å². The first-order valence-electron chi connectivity index (χ1n) is 9.67. The van der Waals surface area contributed by atoms with Crippen LogP contribution in [0.4, 0.5) is 0 Å². The van der Waals surface area contributed by atoms with Gasteiger partial charge in [0.15, 0.2) is 5.82 Å². The van der Waals surface area contributed by atoms with Crippen LogP contribution in [0.5, 0.6) is 0 Å². The van der Waals surface area contributed by atoms with Gasteiger partial charge in [0.2, 0.25) is 5.91 Å². The normalized spacial score (nSPS) is 42.8. The Hall–Kier alpha value is -1.46. The minimum absolute atomic E-state index is 0.306. The Bertz CT molecular complexity index is 572. The molecule has 0 radical (unpaired) electrons. The van der Waals surface area contributed by atoms with Crippen molar-refractivity contribution in [2.75, 3.05) is 0 Å². The predicted molar refractivity (Wildman–Crippen MR) is 87.8 cm³/mol. The third-order valence-corrected chi connectivity index (χ3v) is 7.16. The zero-order chi connectivity index (χ0) is 16.1. The predicted octanol–water partition coefficient (Wildman–Crippen LogP) is 2.24. The van der Waals surface area contributed by atoms with Crippen molar-refractivity contribution in [3.63, 3.8) is 0 Å². The van der Waals surface area contributed by atoms with E-state index in [1.807, 2.05) is 0 Å². The number of carbonyl (C=O) groups excluding carboxylic acids is 1. The lowest BCUT2D eigenvalue weighted by Crippen LogP contribution is -2.50. The van der Waals surface area contributed by atoms with Crippen LogP contribution in [0.15, 0.2) is 0 Å². The first kappa shape index (κ1) is 14.8. The molecule has 0 spiro atoms. The molecule has 0 aromatic carbocycles. The standard InChI is InChI=1S/C18H27N5O/c24-17(19-15-4-11(5-15)6-16-20-22-23-21-16)10-18-7-12-1-13(8-18)3-14(2-12)9-18/h11-15H,1-10H2,(H,19,24)(H,20,21,22,23). The summed E-state index contributed by atoms with van der Waals surface area (Å²) in [6.07, 6.45) is 12.1. The lowest BCUT2D eigenvalue weighted by atomic mass is 9.49. The van der Waals surface area contributed by atoms with Crippen molar-refractivity contribution in [1.82, 2.24) is 25.9 Å². The molecule has 0 saturated heterocycles. The summed E-state index contributed by atoms with van der Waals surface area (Å²) in [6.45, 7) is 0. The number of hydrogen-bond acceptors (Lipinski definition) is 4. The molecule has 130 valence electrons. The molecule has 6 rings (SSSR count). The van der Waals surface area contributed by atoms with Crippen LogP contribution in [0.25, 0.3) is 0 Å². The van der Waals surface area contributed by atoms with Crippen LogP contribution in [0.1, 0.15) is 63.6 Å². The molecular weight excluding hydrogens is 302 g/mol. The second-order valence-electron chi connectivity index (χ2n) is 9.23. The molecule has 1 aromatic heterocycles. The van der Waals surface area contributed by atoms with Gasteiger partial charge in [0.05, 0.1) is 0 Å². The highest BCUT2D eigenvalue weighted by Gasteiger charge is 2.51. The third-order valence-electron chi connectivity index (χ3n) is 7.16. The molecule has 1 aromatic rings. The summed E-state index contributed by atoms with van der Waals surface area (Å²) in [6, 6.07) is 0.364. The number of carbonyl (C=O) groups is 1. The Morgan fingerprint density at radius 2 is 1.75 bits per heavy atom. The van der Waals surface area contributed by atoms with Crippen LogP contribution in [0.3, 0.4) is 0 Å². The average molecular weight is 329 g/mol. The van der Waals surface area contributed by atoms with Crippen LogP contribution < -0.4 is 5.32 Å². The van der Waals surface area contributed by atoms with Crippen LogP contribution in [-0.4, -0.2) is 32.6 Å². The minimum Gasteiger partial charge on any atom is -0.353 e. The number of aromatic amines is 1. The quantitative estimate of drug-likeness (QED) is 0.868. The highest BCUT2D eigenvalue weighted by Crippen LogP contribution is 2.61. The van der Waals surface area contributed by atoms with E-state index in [9.17, 15) is 4.79 Å². The van der Waals surface area contributed by atoms with Gasteiger partial charge in [-0.2, -0.15) is 5.21 Å². The molecule has 1 heterocycles. The highest BCUT2D eigenvalue weighted by atomic mass is 16.1. The summed E-state index contributed by atoms with van der Waals surface area (Å²) < 4.78 is 0. The molecular formula is C18H27N5O. The number of hydrogen-bond donors (Lipinski definition) is 2. The molecule has 4 bridgehead atoms. The van der Waals surface area contributed by atoms with Gasteiger partial charge in [0, 0.05) is 18.9 Å². The van der Waals surface area contributed by atoms with Crippen molar-refractivity contribution in [3.8, 4) is 0 Å². The van der Waals surface area contributed by atoms with Crippen molar-refractivity contribution in [1.29, 1.82) is 0 Å². The topological polar surface area (TPSA) is 83.6 Å². The minimum atomic E-state index is 0.306. The first-order valence-corrected chi connectivity index (χ1v) is 9.67. The fraction of sp³-hybridized carbons (Fsp3) is 0.889. The van der Waals surface area contributed by atoms with Gasteiger partial charge < -0.3 is 5.32 Å². The molecule has 2 N–H and O–H groups in total. The Labute approximate surface area is 142 Å². The van der Waals surface area contributed by atoms with Gasteiger partial charge in [-0.3, -0.25) is 4.79 Å². The van der Waals surface area contributed by atoms with Crippen LogP contribution >= 0.6 is 0 Å². The van der Waals surface area contributed by atoms with Crippen molar-refractivity contribution in [3.05, 3.63) is 5.82 Å². The monoisotopic (exact) mass is 329 g/mol. The molecule has 5 saturated carbocycles. The molecule has 6 heteroatoms. The number of amides is 1. The van der Waals surface area contributed by atoms with Gasteiger partial charge in [-0.05, 0) is 80.5 Å². The van der Waals surface area contributed by atoms with E-state index < -0.39 is 0 Å². The van der Waals surface area contributed by atoms with E-state index in [4.69, 9.17) is 0 Å². The van der Waals surface area contributed by atoms with Crippen LogP contribution in [0, 0.1) is 29.1 Å². The Balaban J connectivity index is 1.11. The Morgan fingerprint density at radius 1 is 1.08 bits per heavy atom. The zero-order valence-electron chi connectivity index (χ0n) is 14.2. The van der Waals surface area contributed by atoms with E-state index in [0.717, 1.165) is 49.3 Å². The largest absolute Gasteiger partial charge is 0.353 e. The van der Waals surface area contributed by atoms with Gasteiger partial charge in [-0.1, -0.05) is 5.21 Å². The van der Waals surface area contributed by atoms with Gasteiger partial charge >= 0.3 is 0 Å². The third kappa shape index (κ3) is 2.74. The van der Waals surface area contributed by atoms with Crippen molar-refractivity contribution in [2.24, 2.45) is 29.1 Å². The molecule has 0 unspecified atom stereocenters. The first-order chi connectivity index (χ1) is 11.7. The molecule has 0 atom stereocenters. The lowest BCUT2D eigenvalue weighted by Gasteiger charge is -2.56. The smallest absolute Gasteiger partial charge is 0.220 e. The van der Waals surface area contributed by atoms with E-state index in [2.05, 4.69) is 25.9 Å².